The molecule has 1 rings (SSSR count). The summed E-state index contributed by atoms with van der Waals surface area (Å²) in [5.74, 6) is -0.233. The zero-order valence-corrected chi connectivity index (χ0v) is 9.43. The smallest absolute Gasteiger partial charge is 0.409 e. The maximum Gasteiger partial charge on any atom is 0.434 e. The Hall–Kier alpha value is -1.47. The molecule has 0 aliphatic carbocycles. The van der Waals surface area contributed by atoms with E-state index in [4.69, 9.17) is 10.9 Å². The first kappa shape index (κ1) is 13.5. The van der Waals surface area contributed by atoms with E-state index in [0.717, 1.165) is 0 Å². The van der Waals surface area contributed by atoms with Gasteiger partial charge in [-0.05, 0) is 4.92 Å². The number of imidazole rings is 1. The molecule has 8 nitrogen and oxygen atoms in total. The first-order valence-corrected chi connectivity index (χ1v) is 3.77. The van der Waals surface area contributed by atoms with Gasteiger partial charge in [-0.2, -0.15) is 0 Å². The third-order valence-corrected chi connectivity index (χ3v) is 1.59. The number of oxime groups is 1. The van der Waals surface area contributed by atoms with Gasteiger partial charge in [0.2, 0.25) is 0 Å². The second-order valence-electron chi connectivity index (χ2n) is 2.52. The van der Waals surface area contributed by atoms with Gasteiger partial charge in [-0.15, -0.1) is 0 Å². The molecule has 3 N–H and O–H groups in total. The summed E-state index contributed by atoms with van der Waals surface area (Å²) in [6.07, 6.45) is 3.01. The molecule has 0 amide bonds. The van der Waals surface area contributed by atoms with Gasteiger partial charge >= 0.3 is 5.95 Å². The fourth-order valence-electron chi connectivity index (χ4n) is 0.933. The number of nitrogens with zero attached hydrogens (tertiary/aromatic N) is 4. The molecule has 1 radical (unpaired) electrons. The van der Waals surface area contributed by atoms with Crippen molar-refractivity contribution in [2.24, 2.45) is 10.9 Å². The van der Waals surface area contributed by atoms with Crippen molar-refractivity contribution in [1.82, 2.24) is 9.55 Å². The minimum atomic E-state index is -0.591. The number of aryl methyl sites for hydroxylation is 1. The fraction of sp³-hybridized carbons (Fsp3) is 0.333. The molecular weight excluding hydrogens is 289 g/mol. The summed E-state index contributed by atoms with van der Waals surface area (Å²) in [5.41, 5.74) is 5.21. The summed E-state index contributed by atoms with van der Waals surface area (Å²) >= 11 is 0. The molecule has 0 fully saturated rings. The van der Waals surface area contributed by atoms with Crippen molar-refractivity contribution in [3.8, 4) is 0 Å². The standard InChI is InChI=1S/C6H9N5O3.Tc/c7-5(9-12)1-3-10-4-2-8-6(10)11(13)14;/h2,4,12H,1,3H2,(H2,7,9);/i;1+1. The van der Waals surface area contributed by atoms with Gasteiger partial charge < -0.3 is 21.1 Å². The summed E-state index contributed by atoms with van der Waals surface area (Å²) in [6, 6.07) is 0. The topological polar surface area (TPSA) is 120 Å². The van der Waals surface area contributed by atoms with Gasteiger partial charge in [-0.25, -0.2) is 4.57 Å². The first-order valence-electron chi connectivity index (χ1n) is 3.77. The van der Waals surface area contributed by atoms with Crippen LogP contribution >= 0.6 is 0 Å². The van der Waals surface area contributed by atoms with Crippen molar-refractivity contribution in [1.29, 1.82) is 0 Å². The van der Waals surface area contributed by atoms with Crippen LogP contribution in [0, 0.1) is 10.1 Å². The quantitative estimate of drug-likeness (QED) is 0.265. The molecule has 0 aliphatic rings. The van der Waals surface area contributed by atoms with E-state index in [0.29, 0.717) is 0 Å². The largest absolute Gasteiger partial charge is 0.434 e. The fourth-order valence-corrected chi connectivity index (χ4v) is 0.933. The molecule has 0 aliphatic heterocycles. The molecule has 1 heterocycles. The van der Waals surface area contributed by atoms with Gasteiger partial charge in [-0.1, -0.05) is 10.1 Å². The summed E-state index contributed by atoms with van der Waals surface area (Å²) in [5, 5.41) is 21.4. The Morgan fingerprint density at radius 2 is 2.47 bits per heavy atom. The van der Waals surface area contributed by atoms with Crippen LogP contribution in [-0.2, 0) is 26.7 Å². The van der Waals surface area contributed by atoms with Crippen LogP contribution in [0.4, 0.5) is 5.95 Å². The van der Waals surface area contributed by atoms with E-state index in [-0.39, 0.29) is 44.9 Å². The van der Waals surface area contributed by atoms with Crippen LogP contribution in [0.2, 0.25) is 0 Å². The zero-order chi connectivity index (χ0) is 10.6. The molecule has 0 saturated carbocycles. The van der Waals surface area contributed by atoms with Crippen LogP contribution in [0.1, 0.15) is 6.42 Å². The number of hydrogen-bond donors (Lipinski definition) is 2. The minimum absolute atomic E-state index is 0. The molecule has 1 aromatic rings. The van der Waals surface area contributed by atoms with Gasteiger partial charge in [0.15, 0.2) is 0 Å². The van der Waals surface area contributed by atoms with Crippen LogP contribution in [-0.4, -0.2) is 25.5 Å². The van der Waals surface area contributed by atoms with E-state index in [2.05, 4.69) is 10.1 Å². The number of aromatic nitrogens is 2. The molecule has 9 heteroatoms. The third kappa shape index (κ3) is 3.64. The van der Waals surface area contributed by atoms with Crippen molar-refractivity contribution < 1.29 is 30.2 Å². The summed E-state index contributed by atoms with van der Waals surface area (Å²) < 4.78 is 1.32. The normalized spacial score (nSPS) is 10.8. The van der Waals surface area contributed by atoms with Gasteiger partial charge in [0, 0.05) is 26.5 Å². The Morgan fingerprint density at radius 3 is 3.00 bits per heavy atom. The van der Waals surface area contributed by atoms with E-state index in [1.54, 1.807) is 0 Å². The number of amidine groups is 1. The van der Waals surface area contributed by atoms with E-state index in [9.17, 15) is 10.1 Å². The average Bonchev–Trinajstić information content (AvgIpc) is 2.62. The van der Waals surface area contributed by atoms with Crippen LogP contribution in [0.15, 0.2) is 17.5 Å². The number of rotatable bonds is 4. The van der Waals surface area contributed by atoms with Gasteiger partial charge in [-0.3, -0.25) is 0 Å². The molecule has 83 valence electrons. The average molecular weight is 298 g/mol. The number of nitrogens with two attached hydrogens (primary N) is 1. The van der Waals surface area contributed by atoms with E-state index in [1.165, 1.54) is 17.0 Å². The first-order chi connectivity index (χ1) is 6.65. The number of hydrogen-bond acceptors (Lipinski definition) is 5. The Kier molecular flexibility index (Phi) is 5.50. The van der Waals surface area contributed by atoms with E-state index >= 15 is 0 Å². The molecule has 0 aromatic carbocycles. The third-order valence-electron chi connectivity index (χ3n) is 1.59. The second kappa shape index (κ2) is 6.10. The SMILES string of the molecule is N/C(CCn1ccnc1[N+](=O)[O-])=N\O.[99Tc]. The molecule has 0 atom stereocenters. The van der Waals surface area contributed by atoms with E-state index in [1.807, 2.05) is 0 Å². The zero-order valence-electron chi connectivity index (χ0n) is 7.58. The van der Waals surface area contributed by atoms with Crippen molar-refractivity contribution >= 4 is 11.8 Å². The maximum absolute atomic E-state index is 10.4. The van der Waals surface area contributed by atoms with Gasteiger partial charge in [0.25, 0.3) is 0 Å². The van der Waals surface area contributed by atoms with Crippen molar-refractivity contribution in [2.75, 3.05) is 0 Å². The predicted octanol–water partition coefficient (Wildman–Crippen LogP) is -0.0747. The van der Waals surface area contributed by atoms with Crippen LogP contribution in [0.5, 0.6) is 0 Å². The Balaban J connectivity index is 0.00000196. The van der Waals surface area contributed by atoms with Gasteiger partial charge in [0.05, 0.1) is 6.54 Å². The van der Waals surface area contributed by atoms with Crippen LogP contribution < -0.4 is 5.73 Å². The molecule has 0 unspecified atom stereocenters. The van der Waals surface area contributed by atoms with Crippen molar-refractivity contribution in [3.63, 3.8) is 0 Å². The van der Waals surface area contributed by atoms with Crippen molar-refractivity contribution in [3.05, 3.63) is 22.5 Å². The Morgan fingerprint density at radius 1 is 1.80 bits per heavy atom. The summed E-state index contributed by atoms with van der Waals surface area (Å²) in [7, 11) is 0. The van der Waals surface area contributed by atoms with E-state index < -0.39 is 4.92 Å². The number of nitro groups is 1. The Bertz CT molecular complexity index is 363. The molecular formula is C6H9N5O3Tc. The van der Waals surface area contributed by atoms with Gasteiger partial charge in [0.1, 0.15) is 18.2 Å². The molecule has 15 heavy (non-hydrogen) atoms. The van der Waals surface area contributed by atoms with Crippen LogP contribution in [0.25, 0.3) is 0 Å². The molecule has 0 spiro atoms. The van der Waals surface area contributed by atoms with Crippen molar-refractivity contribution in [2.45, 2.75) is 13.0 Å². The monoisotopic (exact) mass is 298 g/mol. The minimum Gasteiger partial charge on any atom is -0.409 e. The predicted molar refractivity (Wildman–Crippen MR) is 46.9 cm³/mol. The van der Waals surface area contributed by atoms with Crippen LogP contribution in [0.3, 0.4) is 0 Å². The maximum atomic E-state index is 10.4. The Labute approximate surface area is 98.3 Å². The molecule has 0 saturated heterocycles. The summed E-state index contributed by atoms with van der Waals surface area (Å²) in [4.78, 5) is 13.4. The molecule has 0 bridgehead atoms. The second-order valence-corrected chi connectivity index (χ2v) is 2.52. The summed E-state index contributed by atoms with van der Waals surface area (Å²) in [6.45, 7) is 0.256. The molecule has 1 aromatic heterocycles.